The summed E-state index contributed by atoms with van der Waals surface area (Å²) in [5.41, 5.74) is 0.907. The molecule has 1 unspecified atom stereocenters. The van der Waals surface area contributed by atoms with Crippen molar-refractivity contribution < 1.29 is 9.90 Å². The highest BCUT2D eigenvalue weighted by molar-refractivity contribution is 5.78. The van der Waals surface area contributed by atoms with Gasteiger partial charge in [-0.1, -0.05) is 32.9 Å². The van der Waals surface area contributed by atoms with Gasteiger partial charge in [0.05, 0.1) is 0 Å². The summed E-state index contributed by atoms with van der Waals surface area (Å²) in [5.74, 6) is 0.628. The maximum Gasteiger partial charge on any atom is 0.223 e. The maximum atomic E-state index is 11.7. The number of phenolic OH excluding ortho intramolecular Hbond substituents is 1. The molecule has 1 amide bonds. The van der Waals surface area contributed by atoms with Crippen molar-refractivity contribution in [2.75, 3.05) is 0 Å². The molecule has 0 bridgehead atoms. The third-order valence-corrected chi connectivity index (χ3v) is 2.79. The molecular formula is C13H19NO2. The van der Waals surface area contributed by atoms with Crippen molar-refractivity contribution >= 4 is 5.91 Å². The molecule has 16 heavy (non-hydrogen) atoms. The second-order valence-corrected chi connectivity index (χ2v) is 4.42. The first-order chi connectivity index (χ1) is 7.50. The molecule has 1 rings (SSSR count). The number of hydrogen-bond acceptors (Lipinski definition) is 2. The van der Waals surface area contributed by atoms with Gasteiger partial charge >= 0.3 is 0 Å². The van der Waals surface area contributed by atoms with Crippen LogP contribution in [0.5, 0.6) is 5.75 Å². The molecule has 0 saturated heterocycles. The first-order valence-electron chi connectivity index (χ1n) is 5.56. The lowest BCUT2D eigenvalue weighted by Crippen LogP contribution is -2.31. The maximum absolute atomic E-state index is 11.7. The number of hydrogen-bond donors (Lipinski definition) is 2. The first kappa shape index (κ1) is 12.6. The molecule has 0 aliphatic heterocycles. The molecule has 0 heterocycles. The molecule has 0 saturated carbocycles. The van der Waals surface area contributed by atoms with Crippen molar-refractivity contribution in [3.8, 4) is 5.75 Å². The van der Waals surface area contributed by atoms with Crippen molar-refractivity contribution in [3.05, 3.63) is 29.8 Å². The highest BCUT2D eigenvalue weighted by Gasteiger charge is 2.15. The molecule has 0 radical (unpaired) electrons. The van der Waals surface area contributed by atoms with E-state index in [1.54, 1.807) is 18.2 Å². The van der Waals surface area contributed by atoms with Crippen LogP contribution in [0.15, 0.2) is 24.3 Å². The molecule has 88 valence electrons. The minimum Gasteiger partial charge on any atom is -0.508 e. The van der Waals surface area contributed by atoms with Crippen LogP contribution in [0, 0.1) is 11.8 Å². The van der Waals surface area contributed by atoms with Gasteiger partial charge in [0.1, 0.15) is 5.75 Å². The van der Waals surface area contributed by atoms with Gasteiger partial charge in [-0.2, -0.15) is 0 Å². The van der Waals surface area contributed by atoms with Crippen molar-refractivity contribution in [3.63, 3.8) is 0 Å². The van der Waals surface area contributed by atoms with Gasteiger partial charge in [-0.25, -0.2) is 0 Å². The number of phenols is 1. The Morgan fingerprint density at radius 3 is 2.62 bits per heavy atom. The average Bonchev–Trinajstić information content (AvgIpc) is 2.24. The fraction of sp³-hybridized carbons (Fsp3) is 0.462. The van der Waals surface area contributed by atoms with E-state index in [2.05, 4.69) is 5.32 Å². The van der Waals surface area contributed by atoms with Crippen molar-refractivity contribution in [1.82, 2.24) is 5.32 Å². The summed E-state index contributed by atoms with van der Waals surface area (Å²) < 4.78 is 0. The molecule has 1 aromatic rings. The molecule has 3 heteroatoms. The highest BCUT2D eigenvalue weighted by atomic mass is 16.3. The Balaban J connectivity index is 2.49. The molecule has 1 aromatic carbocycles. The Labute approximate surface area is 96.5 Å². The molecule has 0 aliphatic rings. The van der Waals surface area contributed by atoms with E-state index in [1.165, 1.54) is 0 Å². The molecule has 0 spiro atoms. The van der Waals surface area contributed by atoms with Crippen LogP contribution >= 0.6 is 0 Å². The summed E-state index contributed by atoms with van der Waals surface area (Å²) in [6.45, 7) is 6.43. The second kappa shape index (κ2) is 5.54. The van der Waals surface area contributed by atoms with Gasteiger partial charge in [0.25, 0.3) is 0 Å². The zero-order chi connectivity index (χ0) is 12.1. The predicted octanol–water partition coefficient (Wildman–Crippen LogP) is 2.30. The summed E-state index contributed by atoms with van der Waals surface area (Å²) in [5, 5.41) is 12.1. The number of amides is 1. The SMILES string of the molecule is CC(C)C(C)C(=O)NCc1cccc(O)c1. The fourth-order valence-electron chi connectivity index (χ4n) is 1.32. The summed E-state index contributed by atoms with van der Waals surface area (Å²) >= 11 is 0. The van der Waals surface area contributed by atoms with Crippen molar-refractivity contribution in [1.29, 1.82) is 0 Å². The van der Waals surface area contributed by atoms with E-state index in [0.717, 1.165) is 5.56 Å². The molecule has 0 fully saturated rings. The zero-order valence-electron chi connectivity index (χ0n) is 10.0. The summed E-state index contributed by atoms with van der Waals surface area (Å²) in [6, 6.07) is 6.91. The third kappa shape index (κ3) is 3.57. The topological polar surface area (TPSA) is 49.3 Å². The van der Waals surface area contributed by atoms with E-state index in [4.69, 9.17) is 0 Å². The third-order valence-electron chi connectivity index (χ3n) is 2.79. The molecule has 0 aromatic heterocycles. The van der Waals surface area contributed by atoms with E-state index < -0.39 is 0 Å². The Bertz CT molecular complexity index is 361. The first-order valence-corrected chi connectivity index (χ1v) is 5.56. The van der Waals surface area contributed by atoms with Crippen LogP contribution in [-0.2, 0) is 11.3 Å². The molecule has 1 atom stereocenters. The van der Waals surface area contributed by atoms with Gasteiger partial charge in [-0.05, 0) is 23.6 Å². The lowest BCUT2D eigenvalue weighted by Gasteiger charge is -2.15. The summed E-state index contributed by atoms with van der Waals surface area (Å²) in [6.07, 6.45) is 0. The highest BCUT2D eigenvalue weighted by Crippen LogP contribution is 2.12. The quantitative estimate of drug-likeness (QED) is 0.819. The van der Waals surface area contributed by atoms with E-state index in [9.17, 15) is 9.90 Å². The zero-order valence-corrected chi connectivity index (χ0v) is 10.0. The molecular weight excluding hydrogens is 202 g/mol. The van der Waals surface area contributed by atoms with Crippen LogP contribution in [0.1, 0.15) is 26.3 Å². The van der Waals surface area contributed by atoms with E-state index in [-0.39, 0.29) is 17.6 Å². The Morgan fingerprint density at radius 2 is 2.06 bits per heavy atom. The molecule has 0 aliphatic carbocycles. The van der Waals surface area contributed by atoms with Gasteiger partial charge in [0.2, 0.25) is 5.91 Å². The average molecular weight is 221 g/mol. The van der Waals surface area contributed by atoms with E-state index >= 15 is 0 Å². The van der Waals surface area contributed by atoms with Crippen LogP contribution in [0.4, 0.5) is 0 Å². The van der Waals surface area contributed by atoms with Gasteiger partial charge in [0, 0.05) is 12.5 Å². The minimum atomic E-state index is 0.0114. The number of carbonyl (C=O) groups excluding carboxylic acids is 1. The van der Waals surface area contributed by atoms with E-state index in [0.29, 0.717) is 12.5 Å². The Kier molecular flexibility index (Phi) is 4.35. The van der Waals surface area contributed by atoms with Gasteiger partial charge in [-0.15, -0.1) is 0 Å². The smallest absolute Gasteiger partial charge is 0.223 e. The molecule has 3 nitrogen and oxygen atoms in total. The van der Waals surface area contributed by atoms with Crippen molar-refractivity contribution in [2.24, 2.45) is 11.8 Å². The normalized spacial score (nSPS) is 12.5. The molecule has 2 N–H and O–H groups in total. The lowest BCUT2D eigenvalue weighted by molar-refractivity contribution is -0.125. The largest absolute Gasteiger partial charge is 0.508 e. The second-order valence-electron chi connectivity index (χ2n) is 4.42. The summed E-state index contributed by atoms with van der Waals surface area (Å²) in [7, 11) is 0. The minimum absolute atomic E-state index is 0.0114. The number of rotatable bonds is 4. The van der Waals surface area contributed by atoms with E-state index in [1.807, 2.05) is 26.8 Å². The number of carbonyl (C=O) groups is 1. The standard InChI is InChI=1S/C13H19NO2/c1-9(2)10(3)13(16)14-8-11-5-4-6-12(15)7-11/h4-7,9-10,15H,8H2,1-3H3,(H,14,16). The monoisotopic (exact) mass is 221 g/mol. The van der Waals surface area contributed by atoms with Crippen LogP contribution in [0.3, 0.4) is 0 Å². The van der Waals surface area contributed by atoms with Gasteiger partial charge in [-0.3, -0.25) is 4.79 Å². The fourth-order valence-corrected chi connectivity index (χ4v) is 1.32. The summed E-state index contributed by atoms with van der Waals surface area (Å²) in [4.78, 5) is 11.7. The predicted molar refractivity (Wildman–Crippen MR) is 64.0 cm³/mol. The van der Waals surface area contributed by atoms with Gasteiger partial charge in [0.15, 0.2) is 0 Å². The number of aromatic hydroxyl groups is 1. The van der Waals surface area contributed by atoms with Crippen LogP contribution in [-0.4, -0.2) is 11.0 Å². The van der Waals surface area contributed by atoms with Crippen molar-refractivity contribution in [2.45, 2.75) is 27.3 Å². The number of nitrogens with one attached hydrogen (secondary N) is 1. The lowest BCUT2D eigenvalue weighted by atomic mass is 9.97. The Morgan fingerprint density at radius 1 is 1.38 bits per heavy atom. The Hall–Kier alpha value is -1.51. The van der Waals surface area contributed by atoms with Gasteiger partial charge < -0.3 is 10.4 Å². The van der Waals surface area contributed by atoms with Crippen LogP contribution in [0.25, 0.3) is 0 Å². The van der Waals surface area contributed by atoms with Crippen LogP contribution < -0.4 is 5.32 Å². The number of benzene rings is 1. The van der Waals surface area contributed by atoms with Crippen LogP contribution in [0.2, 0.25) is 0 Å².